The Morgan fingerprint density at radius 1 is 1.10 bits per heavy atom. The summed E-state index contributed by atoms with van der Waals surface area (Å²) >= 11 is 1.25. The van der Waals surface area contributed by atoms with Gasteiger partial charge in [0.05, 0.1) is 28.5 Å². The molecule has 1 heterocycles. The number of aromatic nitrogens is 1. The van der Waals surface area contributed by atoms with Gasteiger partial charge in [0.2, 0.25) is 0 Å². The average molecular weight is 452 g/mol. The smallest absolute Gasteiger partial charge is 0.338 e. The van der Waals surface area contributed by atoms with Crippen LogP contribution >= 0.6 is 23.7 Å². The lowest BCUT2D eigenvalue weighted by atomic mass is 10.1. The van der Waals surface area contributed by atoms with Crippen molar-refractivity contribution < 1.29 is 18.7 Å². The van der Waals surface area contributed by atoms with Gasteiger partial charge in [-0.05, 0) is 57.4 Å². The number of amides is 1. The Kier molecular flexibility index (Phi) is 8.28. The van der Waals surface area contributed by atoms with E-state index in [1.807, 2.05) is 19.0 Å². The van der Waals surface area contributed by atoms with Crippen LogP contribution < -0.4 is 4.90 Å². The number of hydrogen-bond donors (Lipinski definition) is 0. The number of fused-ring (bicyclic) bond motifs is 1. The standard InChI is InChI=1S/C21H22FN3O3S.ClH/c1-24(2)11-6-12-25(21-23-17-10-9-14(22)13-18(17)29-21)19(26)15-7-4-5-8-16(15)20(27)28-3;/h4-5,7-10,13H,6,11-12H2,1-3H3;1H. The van der Waals surface area contributed by atoms with Crippen LogP contribution in [0.15, 0.2) is 42.5 Å². The van der Waals surface area contributed by atoms with Gasteiger partial charge in [-0.1, -0.05) is 23.5 Å². The molecule has 3 rings (SSSR count). The number of rotatable bonds is 7. The van der Waals surface area contributed by atoms with Crippen LogP contribution in [0.2, 0.25) is 0 Å². The van der Waals surface area contributed by atoms with Gasteiger partial charge in [-0.2, -0.15) is 0 Å². The van der Waals surface area contributed by atoms with E-state index in [0.29, 0.717) is 28.3 Å². The highest BCUT2D eigenvalue weighted by molar-refractivity contribution is 7.22. The Morgan fingerprint density at radius 3 is 2.47 bits per heavy atom. The van der Waals surface area contributed by atoms with Gasteiger partial charge in [0.1, 0.15) is 5.82 Å². The normalized spacial score (nSPS) is 10.7. The second kappa shape index (κ2) is 10.5. The summed E-state index contributed by atoms with van der Waals surface area (Å²) in [6.07, 6.45) is 0.712. The number of methoxy groups -OCH3 is 1. The molecule has 160 valence electrons. The monoisotopic (exact) mass is 451 g/mol. The van der Waals surface area contributed by atoms with E-state index in [0.717, 1.165) is 6.54 Å². The largest absolute Gasteiger partial charge is 0.465 e. The number of halogens is 2. The average Bonchev–Trinajstić information content (AvgIpc) is 3.12. The molecular formula is C21H23ClFN3O3S. The molecule has 2 aromatic carbocycles. The number of anilines is 1. The van der Waals surface area contributed by atoms with Gasteiger partial charge in [-0.25, -0.2) is 14.2 Å². The molecule has 0 aliphatic heterocycles. The number of benzene rings is 2. The SMILES string of the molecule is COC(=O)c1ccccc1C(=O)N(CCCN(C)C)c1nc2ccc(F)cc2s1.Cl. The summed E-state index contributed by atoms with van der Waals surface area (Å²) in [7, 11) is 5.19. The Hall–Kier alpha value is -2.55. The third kappa shape index (κ3) is 5.33. The lowest BCUT2D eigenvalue weighted by Crippen LogP contribution is -2.34. The maximum absolute atomic E-state index is 13.6. The quantitative estimate of drug-likeness (QED) is 0.503. The number of carbonyl (C=O) groups is 2. The van der Waals surface area contributed by atoms with E-state index in [1.54, 1.807) is 35.2 Å². The third-order valence-electron chi connectivity index (χ3n) is 4.37. The minimum Gasteiger partial charge on any atom is -0.465 e. The minimum atomic E-state index is -0.575. The van der Waals surface area contributed by atoms with Gasteiger partial charge < -0.3 is 9.64 Å². The van der Waals surface area contributed by atoms with Gasteiger partial charge in [0.25, 0.3) is 5.91 Å². The predicted octanol–water partition coefficient (Wildman–Crippen LogP) is 4.24. The van der Waals surface area contributed by atoms with Crippen molar-refractivity contribution in [2.45, 2.75) is 6.42 Å². The predicted molar refractivity (Wildman–Crippen MR) is 119 cm³/mol. The van der Waals surface area contributed by atoms with Gasteiger partial charge in [-0.15, -0.1) is 12.4 Å². The first kappa shape index (κ1) is 23.7. The van der Waals surface area contributed by atoms with Crippen LogP contribution in [0.4, 0.5) is 9.52 Å². The number of hydrogen-bond acceptors (Lipinski definition) is 6. The topological polar surface area (TPSA) is 62.7 Å². The molecule has 0 bridgehead atoms. The molecule has 1 amide bonds. The maximum atomic E-state index is 13.6. The van der Waals surface area contributed by atoms with Crippen LogP contribution in [0.5, 0.6) is 0 Å². The van der Waals surface area contributed by atoms with Crippen molar-refractivity contribution in [3.63, 3.8) is 0 Å². The van der Waals surface area contributed by atoms with Crippen LogP contribution in [0, 0.1) is 5.82 Å². The molecule has 0 atom stereocenters. The lowest BCUT2D eigenvalue weighted by Gasteiger charge is -2.22. The Labute approximate surface area is 184 Å². The van der Waals surface area contributed by atoms with E-state index >= 15 is 0 Å². The highest BCUT2D eigenvalue weighted by atomic mass is 35.5. The molecular weight excluding hydrogens is 429 g/mol. The molecule has 0 aliphatic carbocycles. The molecule has 1 aromatic heterocycles. The first-order valence-corrected chi connectivity index (χ1v) is 9.92. The first-order chi connectivity index (χ1) is 13.9. The van der Waals surface area contributed by atoms with Crippen LogP contribution in [0.3, 0.4) is 0 Å². The zero-order valence-corrected chi connectivity index (χ0v) is 18.6. The molecule has 9 heteroatoms. The van der Waals surface area contributed by atoms with Crippen molar-refractivity contribution >= 4 is 51.0 Å². The molecule has 0 spiro atoms. The Balaban J connectivity index is 0.00000320. The van der Waals surface area contributed by atoms with Crippen LogP contribution in [0.25, 0.3) is 10.2 Å². The van der Waals surface area contributed by atoms with Crippen molar-refractivity contribution in [2.75, 3.05) is 39.2 Å². The third-order valence-corrected chi connectivity index (χ3v) is 5.41. The maximum Gasteiger partial charge on any atom is 0.338 e. The van der Waals surface area contributed by atoms with Gasteiger partial charge >= 0.3 is 5.97 Å². The lowest BCUT2D eigenvalue weighted by molar-refractivity contribution is 0.0597. The van der Waals surface area contributed by atoms with Gasteiger partial charge in [0.15, 0.2) is 5.13 Å². The molecule has 0 fully saturated rings. The summed E-state index contributed by atoms with van der Waals surface area (Å²) in [6, 6.07) is 10.9. The summed E-state index contributed by atoms with van der Waals surface area (Å²) in [4.78, 5) is 33.6. The first-order valence-electron chi connectivity index (χ1n) is 9.10. The van der Waals surface area contributed by atoms with E-state index in [2.05, 4.69) is 4.98 Å². The number of nitrogens with zero attached hydrogens (tertiary/aromatic N) is 3. The van der Waals surface area contributed by atoms with E-state index in [9.17, 15) is 14.0 Å². The van der Waals surface area contributed by atoms with E-state index in [4.69, 9.17) is 4.74 Å². The molecule has 0 radical (unpaired) electrons. The molecule has 6 nitrogen and oxygen atoms in total. The summed E-state index contributed by atoms with van der Waals surface area (Å²) in [5.41, 5.74) is 1.07. The van der Waals surface area contributed by atoms with Crippen LogP contribution in [-0.4, -0.2) is 56.1 Å². The number of ether oxygens (including phenoxy) is 1. The Bertz CT molecular complexity index is 1040. The second-order valence-electron chi connectivity index (χ2n) is 6.76. The Morgan fingerprint density at radius 2 is 1.80 bits per heavy atom. The van der Waals surface area contributed by atoms with Gasteiger partial charge in [0, 0.05) is 6.54 Å². The van der Waals surface area contributed by atoms with E-state index in [1.165, 1.54) is 30.6 Å². The number of carbonyl (C=O) groups excluding carboxylic acids is 2. The highest BCUT2D eigenvalue weighted by Crippen LogP contribution is 2.31. The van der Waals surface area contributed by atoms with Crippen LogP contribution in [-0.2, 0) is 4.74 Å². The van der Waals surface area contributed by atoms with Crippen LogP contribution in [0.1, 0.15) is 27.1 Å². The van der Waals surface area contributed by atoms with Crippen molar-refractivity contribution in [2.24, 2.45) is 0 Å². The zero-order valence-electron chi connectivity index (χ0n) is 16.9. The van der Waals surface area contributed by atoms with Crippen molar-refractivity contribution in [3.8, 4) is 0 Å². The molecule has 0 saturated carbocycles. The van der Waals surface area contributed by atoms with E-state index in [-0.39, 0.29) is 35.3 Å². The minimum absolute atomic E-state index is 0. The fraction of sp³-hybridized carbons (Fsp3) is 0.286. The van der Waals surface area contributed by atoms with Crippen molar-refractivity contribution in [3.05, 3.63) is 59.4 Å². The molecule has 0 aliphatic rings. The van der Waals surface area contributed by atoms with Crippen molar-refractivity contribution in [1.29, 1.82) is 0 Å². The molecule has 30 heavy (non-hydrogen) atoms. The molecule has 0 N–H and O–H groups in total. The fourth-order valence-electron chi connectivity index (χ4n) is 2.93. The zero-order chi connectivity index (χ0) is 21.0. The van der Waals surface area contributed by atoms with E-state index < -0.39 is 5.97 Å². The number of thiazole rings is 1. The summed E-state index contributed by atoms with van der Waals surface area (Å²) in [6.45, 7) is 1.19. The molecule has 0 unspecified atom stereocenters. The highest BCUT2D eigenvalue weighted by Gasteiger charge is 2.25. The fourth-order valence-corrected chi connectivity index (χ4v) is 3.95. The summed E-state index contributed by atoms with van der Waals surface area (Å²) in [5.74, 6) is -1.27. The van der Waals surface area contributed by atoms with Crippen molar-refractivity contribution in [1.82, 2.24) is 9.88 Å². The summed E-state index contributed by atoms with van der Waals surface area (Å²) < 4.78 is 19.1. The summed E-state index contributed by atoms with van der Waals surface area (Å²) in [5, 5.41) is 0.467. The number of esters is 1. The molecule has 3 aromatic rings. The second-order valence-corrected chi connectivity index (χ2v) is 7.77. The van der Waals surface area contributed by atoms with Gasteiger partial charge in [-0.3, -0.25) is 9.69 Å². The molecule has 0 saturated heterocycles.